The summed E-state index contributed by atoms with van der Waals surface area (Å²) in [7, 11) is 0. The molecule has 33 heavy (non-hydrogen) atoms. The van der Waals surface area contributed by atoms with Crippen molar-refractivity contribution in [1.82, 2.24) is 4.98 Å². The highest BCUT2D eigenvalue weighted by Crippen LogP contribution is 2.23. The van der Waals surface area contributed by atoms with E-state index in [0.29, 0.717) is 28.9 Å². The largest absolute Gasteiger partial charge is 0.484 e. The number of hydrogen-bond donors (Lipinski definition) is 2. The number of benzene rings is 2. The Morgan fingerprint density at radius 2 is 1.85 bits per heavy atom. The smallest absolute Gasteiger partial charge is 0.311 e. The number of esters is 1. The molecule has 2 aromatic carbocycles. The van der Waals surface area contributed by atoms with Crippen LogP contribution in [0.15, 0.2) is 64.9 Å². The fourth-order valence-electron chi connectivity index (χ4n) is 2.64. The molecule has 3 aromatic rings. The Kier molecular flexibility index (Phi) is 9.28. The summed E-state index contributed by atoms with van der Waals surface area (Å²) in [6.07, 6.45) is 0.0733. The summed E-state index contributed by atoms with van der Waals surface area (Å²) in [6, 6.07) is 16.3. The van der Waals surface area contributed by atoms with Gasteiger partial charge in [-0.05, 0) is 37.3 Å². The fourth-order valence-corrected chi connectivity index (χ4v) is 4.12. The quantitative estimate of drug-likeness (QED) is 0.312. The van der Waals surface area contributed by atoms with E-state index in [1.54, 1.807) is 42.6 Å². The number of carbonyl (C=O) groups excluding carboxylic acids is 3. The molecular formula is C23H23N3O5S2. The molecule has 172 valence electrons. The lowest BCUT2D eigenvalue weighted by molar-refractivity contribution is -0.142. The topological polar surface area (TPSA) is 107 Å². The summed E-state index contributed by atoms with van der Waals surface area (Å²) >= 11 is 2.58. The van der Waals surface area contributed by atoms with E-state index in [2.05, 4.69) is 15.6 Å². The molecule has 3 rings (SSSR count). The fraction of sp³-hybridized carbons (Fsp3) is 0.217. The lowest BCUT2D eigenvalue weighted by Gasteiger charge is -2.09. The summed E-state index contributed by atoms with van der Waals surface area (Å²) < 4.78 is 10.3. The highest BCUT2D eigenvalue weighted by Gasteiger charge is 2.11. The second kappa shape index (κ2) is 12.6. The van der Waals surface area contributed by atoms with E-state index >= 15 is 0 Å². The zero-order valence-corrected chi connectivity index (χ0v) is 19.5. The standard InChI is InChI=1S/C23H23N3O5S2/c1-2-30-22(29)12-17-14-33-23(25-17)26-21(28)15-32-19-10-6-7-16(11-19)24-20(27)13-31-18-8-4-3-5-9-18/h3-11,14H,2,12-13,15H2,1H3,(H,24,27)(H,25,26,28). The molecule has 2 N–H and O–H groups in total. The van der Waals surface area contributed by atoms with Crippen LogP contribution >= 0.6 is 23.1 Å². The number of amides is 2. The first kappa shape index (κ1) is 24.3. The number of nitrogens with one attached hydrogen (secondary N) is 2. The second-order valence-corrected chi connectivity index (χ2v) is 8.55. The van der Waals surface area contributed by atoms with Gasteiger partial charge in [0.1, 0.15) is 5.75 Å². The van der Waals surface area contributed by atoms with Gasteiger partial charge >= 0.3 is 5.97 Å². The van der Waals surface area contributed by atoms with Gasteiger partial charge in [0.15, 0.2) is 11.7 Å². The highest BCUT2D eigenvalue weighted by atomic mass is 32.2. The number of ether oxygens (including phenoxy) is 2. The maximum atomic E-state index is 12.3. The predicted molar refractivity (Wildman–Crippen MR) is 129 cm³/mol. The van der Waals surface area contributed by atoms with Gasteiger partial charge in [-0.25, -0.2) is 4.98 Å². The monoisotopic (exact) mass is 485 g/mol. The maximum absolute atomic E-state index is 12.3. The van der Waals surface area contributed by atoms with Crippen molar-refractivity contribution in [1.29, 1.82) is 0 Å². The number of carbonyl (C=O) groups is 3. The van der Waals surface area contributed by atoms with E-state index in [4.69, 9.17) is 9.47 Å². The molecule has 0 saturated carbocycles. The van der Waals surface area contributed by atoms with Crippen LogP contribution in [0.5, 0.6) is 5.75 Å². The average Bonchev–Trinajstić information content (AvgIpc) is 3.24. The summed E-state index contributed by atoms with van der Waals surface area (Å²) in [5.41, 5.74) is 1.17. The van der Waals surface area contributed by atoms with Crippen LogP contribution in [-0.2, 0) is 25.5 Å². The third kappa shape index (κ3) is 8.59. The molecule has 0 fully saturated rings. The molecule has 0 aliphatic carbocycles. The van der Waals surface area contributed by atoms with E-state index in [1.165, 1.54) is 23.1 Å². The average molecular weight is 486 g/mol. The molecule has 1 heterocycles. The molecular weight excluding hydrogens is 462 g/mol. The predicted octanol–water partition coefficient (Wildman–Crippen LogP) is 4.00. The second-order valence-electron chi connectivity index (χ2n) is 6.64. The van der Waals surface area contributed by atoms with Gasteiger partial charge in [0.05, 0.1) is 24.5 Å². The summed E-state index contributed by atoms with van der Waals surface area (Å²) in [4.78, 5) is 41.0. The lowest BCUT2D eigenvalue weighted by atomic mass is 10.3. The SMILES string of the molecule is CCOC(=O)Cc1csc(NC(=O)CSc2cccc(NC(=O)COc3ccccc3)c2)n1. The van der Waals surface area contributed by atoms with Gasteiger partial charge in [0, 0.05) is 16.0 Å². The molecule has 8 nitrogen and oxygen atoms in total. The summed E-state index contributed by atoms with van der Waals surface area (Å²) in [5.74, 6) is -0.0590. The van der Waals surface area contributed by atoms with Crippen molar-refractivity contribution in [3.63, 3.8) is 0 Å². The molecule has 0 aliphatic heterocycles. The molecule has 0 unspecified atom stereocenters. The molecule has 0 aliphatic rings. The first-order chi connectivity index (χ1) is 16.0. The normalized spacial score (nSPS) is 10.3. The van der Waals surface area contributed by atoms with Crippen LogP contribution in [0.25, 0.3) is 0 Å². The van der Waals surface area contributed by atoms with Gasteiger partial charge in [0.2, 0.25) is 5.91 Å². The molecule has 0 saturated heterocycles. The van der Waals surface area contributed by atoms with Crippen molar-refractivity contribution >= 4 is 51.7 Å². The van der Waals surface area contributed by atoms with Gasteiger partial charge in [-0.3, -0.25) is 14.4 Å². The molecule has 1 aromatic heterocycles. The summed E-state index contributed by atoms with van der Waals surface area (Å²) in [5, 5.41) is 7.66. The lowest BCUT2D eigenvalue weighted by Crippen LogP contribution is -2.20. The molecule has 0 radical (unpaired) electrons. The van der Waals surface area contributed by atoms with Crippen LogP contribution in [0.2, 0.25) is 0 Å². The maximum Gasteiger partial charge on any atom is 0.311 e. The number of thioether (sulfide) groups is 1. The van der Waals surface area contributed by atoms with Crippen molar-refractivity contribution in [2.24, 2.45) is 0 Å². The van der Waals surface area contributed by atoms with Crippen molar-refractivity contribution in [3.05, 3.63) is 65.7 Å². The number of anilines is 2. The van der Waals surface area contributed by atoms with Crippen LogP contribution in [0.4, 0.5) is 10.8 Å². The van der Waals surface area contributed by atoms with Gasteiger partial charge in [-0.2, -0.15) is 0 Å². The van der Waals surface area contributed by atoms with Gasteiger partial charge in [-0.15, -0.1) is 23.1 Å². The van der Waals surface area contributed by atoms with Crippen molar-refractivity contribution in [2.75, 3.05) is 29.6 Å². The highest BCUT2D eigenvalue weighted by molar-refractivity contribution is 8.00. The third-order valence-corrected chi connectivity index (χ3v) is 5.83. The Morgan fingerprint density at radius 1 is 1.03 bits per heavy atom. The zero-order chi connectivity index (χ0) is 23.5. The van der Waals surface area contributed by atoms with E-state index in [0.717, 1.165) is 4.90 Å². The van der Waals surface area contributed by atoms with Gasteiger partial charge in [0.25, 0.3) is 5.91 Å². The molecule has 0 bridgehead atoms. The Morgan fingerprint density at radius 3 is 2.64 bits per heavy atom. The van der Waals surface area contributed by atoms with Crippen LogP contribution in [0.3, 0.4) is 0 Å². The minimum Gasteiger partial charge on any atom is -0.484 e. The third-order valence-electron chi connectivity index (χ3n) is 4.03. The molecule has 2 amide bonds. The van der Waals surface area contributed by atoms with Crippen molar-refractivity contribution < 1.29 is 23.9 Å². The van der Waals surface area contributed by atoms with Crippen LogP contribution < -0.4 is 15.4 Å². The van der Waals surface area contributed by atoms with Crippen LogP contribution in [0, 0.1) is 0 Å². The minimum absolute atomic E-state index is 0.0733. The van der Waals surface area contributed by atoms with Gasteiger partial charge in [-0.1, -0.05) is 24.3 Å². The number of aromatic nitrogens is 1. The van der Waals surface area contributed by atoms with E-state index in [-0.39, 0.29) is 36.6 Å². The number of hydrogen-bond acceptors (Lipinski definition) is 8. The van der Waals surface area contributed by atoms with Crippen LogP contribution in [0.1, 0.15) is 12.6 Å². The number of rotatable bonds is 11. The van der Waals surface area contributed by atoms with Gasteiger partial charge < -0.3 is 20.1 Å². The van der Waals surface area contributed by atoms with Crippen molar-refractivity contribution in [2.45, 2.75) is 18.2 Å². The van der Waals surface area contributed by atoms with E-state index in [1.807, 2.05) is 24.3 Å². The Bertz CT molecular complexity index is 1090. The van der Waals surface area contributed by atoms with E-state index < -0.39 is 0 Å². The van der Waals surface area contributed by atoms with Crippen molar-refractivity contribution in [3.8, 4) is 5.75 Å². The molecule has 10 heteroatoms. The minimum atomic E-state index is -0.352. The number of nitrogens with zero attached hydrogens (tertiary/aromatic N) is 1. The Labute approximate surface area is 199 Å². The Balaban J connectivity index is 1.43. The Hall–Kier alpha value is -3.37. The zero-order valence-electron chi connectivity index (χ0n) is 17.9. The number of para-hydroxylation sites is 1. The summed E-state index contributed by atoms with van der Waals surface area (Å²) in [6.45, 7) is 1.96. The first-order valence-electron chi connectivity index (χ1n) is 10.1. The molecule has 0 spiro atoms. The van der Waals surface area contributed by atoms with Crippen LogP contribution in [-0.4, -0.2) is 41.7 Å². The van der Waals surface area contributed by atoms with E-state index in [9.17, 15) is 14.4 Å². The molecule has 0 atom stereocenters. The first-order valence-corrected chi connectivity index (χ1v) is 12.0. The number of thiazole rings is 1.